The van der Waals surface area contributed by atoms with Crippen LogP contribution in [0, 0.1) is 11.3 Å². The molecule has 0 bridgehead atoms. The molecule has 1 aromatic heterocycles. The molecule has 0 aliphatic heterocycles. The SMILES string of the molecule is N#CCCNCc1ccc2oc(=O)[nH]c2c1. The lowest BCUT2D eigenvalue weighted by Crippen LogP contribution is -2.13. The van der Waals surface area contributed by atoms with Crippen molar-refractivity contribution in [3.8, 4) is 6.07 Å². The lowest BCUT2D eigenvalue weighted by Gasteiger charge is -2.01. The topological polar surface area (TPSA) is 81.8 Å². The molecule has 0 spiro atoms. The Morgan fingerprint density at radius 2 is 2.38 bits per heavy atom. The fraction of sp³-hybridized carbons (Fsp3) is 0.273. The van der Waals surface area contributed by atoms with E-state index in [-0.39, 0.29) is 0 Å². The Bertz CT molecular complexity index is 577. The summed E-state index contributed by atoms with van der Waals surface area (Å²) in [5.41, 5.74) is 2.30. The smallest absolute Gasteiger partial charge is 0.408 e. The molecule has 0 aliphatic carbocycles. The van der Waals surface area contributed by atoms with E-state index in [1.807, 2.05) is 12.1 Å². The van der Waals surface area contributed by atoms with E-state index < -0.39 is 5.76 Å². The van der Waals surface area contributed by atoms with E-state index in [0.717, 1.165) is 5.56 Å². The zero-order valence-electron chi connectivity index (χ0n) is 8.62. The van der Waals surface area contributed by atoms with Crippen LogP contribution in [0.5, 0.6) is 0 Å². The second kappa shape index (κ2) is 4.64. The van der Waals surface area contributed by atoms with Crippen molar-refractivity contribution >= 4 is 11.1 Å². The van der Waals surface area contributed by atoms with E-state index in [0.29, 0.717) is 30.6 Å². The molecule has 0 amide bonds. The molecule has 5 heteroatoms. The minimum absolute atomic E-state index is 0.440. The first-order valence-corrected chi connectivity index (χ1v) is 4.99. The van der Waals surface area contributed by atoms with Crippen LogP contribution < -0.4 is 11.1 Å². The average Bonchev–Trinajstić information content (AvgIpc) is 2.64. The van der Waals surface area contributed by atoms with Crippen LogP contribution >= 0.6 is 0 Å². The molecule has 0 radical (unpaired) electrons. The predicted octanol–water partition coefficient (Wildman–Crippen LogP) is 1.12. The second-order valence-corrected chi connectivity index (χ2v) is 3.43. The van der Waals surface area contributed by atoms with Gasteiger partial charge in [0.25, 0.3) is 0 Å². The predicted molar refractivity (Wildman–Crippen MR) is 58.8 cm³/mol. The average molecular weight is 217 g/mol. The Kier molecular flexibility index (Phi) is 3.03. The monoisotopic (exact) mass is 217 g/mol. The van der Waals surface area contributed by atoms with E-state index >= 15 is 0 Å². The van der Waals surface area contributed by atoms with Gasteiger partial charge in [0.1, 0.15) is 0 Å². The number of nitrogens with one attached hydrogen (secondary N) is 2. The van der Waals surface area contributed by atoms with Crippen molar-refractivity contribution < 1.29 is 4.42 Å². The van der Waals surface area contributed by atoms with E-state index in [1.165, 1.54) is 0 Å². The van der Waals surface area contributed by atoms with Gasteiger partial charge in [0, 0.05) is 19.5 Å². The molecular formula is C11H11N3O2. The van der Waals surface area contributed by atoms with Gasteiger partial charge < -0.3 is 9.73 Å². The van der Waals surface area contributed by atoms with Crippen LogP contribution in [0.1, 0.15) is 12.0 Å². The Morgan fingerprint density at radius 1 is 1.50 bits per heavy atom. The van der Waals surface area contributed by atoms with Gasteiger partial charge in [-0.1, -0.05) is 6.07 Å². The minimum Gasteiger partial charge on any atom is -0.408 e. The summed E-state index contributed by atoms with van der Waals surface area (Å²) in [7, 11) is 0. The molecule has 82 valence electrons. The number of aromatic amines is 1. The summed E-state index contributed by atoms with van der Waals surface area (Å²) in [5, 5.41) is 11.5. The third-order valence-electron chi connectivity index (χ3n) is 2.23. The Balaban J connectivity index is 2.08. The Morgan fingerprint density at radius 3 is 3.19 bits per heavy atom. The summed E-state index contributed by atoms with van der Waals surface area (Å²) in [6.45, 7) is 1.33. The highest BCUT2D eigenvalue weighted by Gasteiger charge is 2.01. The standard InChI is InChI=1S/C11H11N3O2/c12-4-1-5-13-7-8-2-3-10-9(6-8)14-11(15)16-10/h2-3,6,13H,1,5,7H2,(H,14,15). The second-order valence-electron chi connectivity index (χ2n) is 3.43. The molecule has 1 aromatic carbocycles. The van der Waals surface area contributed by atoms with Gasteiger partial charge in [-0.2, -0.15) is 5.26 Å². The zero-order chi connectivity index (χ0) is 11.4. The molecule has 2 aromatic rings. The molecule has 0 aliphatic rings. The summed E-state index contributed by atoms with van der Waals surface area (Å²) in [6, 6.07) is 7.57. The lowest BCUT2D eigenvalue weighted by atomic mass is 10.2. The maximum absolute atomic E-state index is 10.9. The number of nitrogens with zero attached hydrogens (tertiary/aromatic N) is 1. The van der Waals surface area contributed by atoms with Crippen LogP contribution in [0.25, 0.3) is 11.1 Å². The van der Waals surface area contributed by atoms with Gasteiger partial charge in [0.2, 0.25) is 0 Å². The van der Waals surface area contributed by atoms with E-state index in [4.69, 9.17) is 9.68 Å². The van der Waals surface area contributed by atoms with Crippen LogP contribution in [0.2, 0.25) is 0 Å². The Labute approximate surface area is 91.7 Å². The molecule has 1 heterocycles. The fourth-order valence-corrected chi connectivity index (χ4v) is 1.49. The van der Waals surface area contributed by atoms with Gasteiger partial charge in [-0.25, -0.2) is 4.79 Å². The van der Waals surface area contributed by atoms with Crippen LogP contribution in [0.4, 0.5) is 0 Å². The number of rotatable bonds is 4. The fourth-order valence-electron chi connectivity index (χ4n) is 1.49. The minimum atomic E-state index is -0.440. The number of hydrogen-bond acceptors (Lipinski definition) is 4. The molecule has 0 saturated carbocycles. The number of hydrogen-bond donors (Lipinski definition) is 2. The molecule has 0 fully saturated rings. The summed E-state index contributed by atoms with van der Waals surface area (Å²) in [4.78, 5) is 13.5. The highest BCUT2D eigenvalue weighted by molar-refractivity contribution is 5.72. The number of nitriles is 1. The van der Waals surface area contributed by atoms with Gasteiger partial charge in [-0.3, -0.25) is 4.98 Å². The molecular weight excluding hydrogens is 206 g/mol. The molecule has 0 atom stereocenters. The van der Waals surface area contributed by atoms with Crippen molar-refractivity contribution in [3.63, 3.8) is 0 Å². The van der Waals surface area contributed by atoms with Crippen molar-refractivity contribution in [1.29, 1.82) is 5.26 Å². The number of fused-ring (bicyclic) bond motifs is 1. The zero-order valence-corrected chi connectivity index (χ0v) is 8.62. The Hall–Kier alpha value is -2.06. The summed E-state index contributed by atoms with van der Waals surface area (Å²) in [5.74, 6) is -0.440. The van der Waals surface area contributed by atoms with E-state index in [9.17, 15) is 4.79 Å². The van der Waals surface area contributed by atoms with Crippen molar-refractivity contribution in [2.24, 2.45) is 0 Å². The van der Waals surface area contributed by atoms with Crippen molar-refractivity contribution in [1.82, 2.24) is 10.3 Å². The van der Waals surface area contributed by atoms with E-state index in [1.54, 1.807) is 6.07 Å². The number of oxazole rings is 1. The van der Waals surface area contributed by atoms with Crippen LogP contribution in [0.15, 0.2) is 27.4 Å². The third-order valence-corrected chi connectivity index (χ3v) is 2.23. The van der Waals surface area contributed by atoms with Gasteiger partial charge >= 0.3 is 5.76 Å². The van der Waals surface area contributed by atoms with Crippen LogP contribution in [0.3, 0.4) is 0 Å². The normalized spacial score (nSPS) is 10.4. The molecule has 16 heavy (non-hydrogen) atoms. The maximum atomic E-state index is 10.9. The summed E-state index contributed by atoms with van der Waals surface area (Å²) >= 11 is 0. The number of aromatic nitrogens is 1. The maximum Gasteiger partial charge on any atom is 0.417 e. The van der Waals surface area contributed by atoms with Gasteiger partial charge in [-0.05, 0) is 17.7 Å². The highest BCUT2D eigenvalue weighted by Crippen LogP contribution is 2.11. The number of H-pyrrole nitrogens is 1. The molecule has 2 rings (SSSR count). The molecule has 2 N–H and O–H groups in total. The van der Waals surface area contributed by atoms with Crippen LogP contribution in [-0.4, -0.2) is 11.5 Å². The summed E-state index contributed by atoms with van der Waals surface area (Å²) in [6.07, 6.45) is 0.491. The highest BCUT2D eigenvalue weighted by atomic mass is 16.4. The van der Waals surface area contributed by atoms with Crippen molar-refractivity contribution in [2.45, 2.75) is 13.0 Å². The quantitative estimate of drug-likeness (QED) is 0.752. The molecule has 0 saturated heterocycles. The van der Waals surface area contributed by atoms with Crippen LogP contribution in [-0.2, 0) is 6.54 Å². The molecule has 0 unspecified atom stereocenters. The van der Waals surface area contributed by atoms with E-state index in [2.05, 4.69) is 16.4 Å². The lowest BCUT2D eigenvalue weighted by molar-refractivity contribution is 0.555. The van der Waals surface area contributed by atoms with Gasteiger partial charge in [0.15, 0.2) is 5.58 Å². The molecule has 5 nitrogen and oxygen atoms in total. The van der Waals surface area contributed by atoms with Crippen molar-refractivity contribution in [2.75, 3.05) is 6.54 Å². The summed E-state index contributed by atoms with van der Waals surface area (Å²) < 4.78 is 4.89. The largest absolute Gasteiger partial charge is 0.417 e. The van der Waals surface area contributed by atoms with Gasteiger partial charge in [-0.15, -0.1) is 0 Å². The number of benzene rings is 1. The third kappa shape index (κ3) is 2.30. The first-order chi connectivity index (χ1) is 7.79. The van der Waals surface area contributed by atoms with Gasteiger partial charge in [0.05, 0.1) is 11.6 Å². The first kappa shape index (κ1) is 10.5. The van der Waals surface area contributed by atoms with Crippen molar-refractivity contribution in [3.05, 3.63) is 34.3 Å². The first-order valence-electron chi connectivity index (χ1n) is 4.99.